The molecule has 0 unspecified atom stereocenters. The zero-order chi connectivity index (χ0) is 26.2. The topological polar surface area (TPSA) is 88.7 Å². The van der Waals surface area contributed by atoms with Crippen molar-refractivity contribution in [2.24, 2.45) is 0 Å². The molecule has 2 aromatic heterocycles. The minimum atomic E-state index is -0.927. The Morgan fingerprint density at radius 2 is 1.92 bits per heavy atom. The molecule has 6 rings (SSSR count). The van der Waals surface area contributed by atoms with Crippen LogP contribution in [0.15, 0.2) is 52.4 Å². The van der Waals surface area contributed by atoms with Crippen molar-refractivity contribution in [1.82, 2.24) is 10.1 Å². The van der Waals surface area contributed by atoms with Gasteiger partial charge >= 0.3 is 5.97 Å². The Morgan fingerprint density at radius 3 is 2.61 bits per heavy atom. The number of halogens is 1. The van der Waals surface area contributed by atoms with Gasteiger partial charge in [0, 0.05) is 41.1 Å². The van der Waals surface area contributed by atoms with E-state index >= 15 is 0 Å². The molecule has 196 valence electrons. The molecule has 2 aliphatic rings. The number of anilines is 1. The molecule has 2 fully saturated rings. The molecule has 1 aliphatic heterocycles. The van der Waals surface area contributed by atoms with E-state index in [0.717, 1.165) is 83.3 Å². The maximum absolute atomic E-state index is 11.1. The Kier molecular flexibility index (Phi) is 6.95. The van der Waals surface area contributed by atoms with Gasteiger partial charge in [0.05, 0.1) is 29.0 Å². The van der Waals surface area contributed by atoms with Crippen molar-refractivity contribution in [2.45, 2.75) is 51.2 Å². The van der Waals surface area contributed by atoms with E-state index < -0.39 is 5.97 Å². The van der Waals surface area contributed by atoms with Crippen LogP contribution in [0.4, 0.5) is 5.13 Å². The zero-order valence-corrected chi connectivity index (χ0v) is 22.6. The predicted octanol–water partition coefficient (Wildman–Crippen LogP) is 7.19. The lowest BCUT2D eigenvalue weighted by molar-refractivity contribution is 0.0246. The van der Waals surface area contributed by atoms with Crippen LogP contribution in [0.1, 0.15) is 58.8 Å². The normalized spacial score (nSPS) is 16.2. The molecule has 0 atom stereocenters. The van der Waals surface area contributed by atoms with Crippen molar-refractivity contribution in [1.29, 1.82) is 0 Å². The molecule has 2 aromatic carbocycles. The molecule has 0 bridgehead atoms. The van der Waals surface area contributed by atoms with Gasteiger partial charge in [0.2, 0.25) is 0 Å². The summed E-state index contributed by atoms with van der Waals surface area (Å²) in [6.45, 7) is 4.24. The maximum Gasteiger partial charge on any atom is 0.335 e. The van der Waals surface area contributed by atoms with Gasteiger partial charge in [0.1, 0.15) is 11.5 Å². The number of nitrogens with zero attached hydrogens (tertiary/aromatic N) is 3. The average Bonchev–Trinajstić information content (AvgIpc) is 3.49. The molecule has 4 aromatic rings. The van der Waals surface area contributed by atoms with Gasteiger partial charge in [0.15, 0.2) is 5.13 Å². The van der Waals surface area contributed by atoms with Crippen LogP contribution in [-0.4, -0.2) is 40.4 Å². The van der Waals surface area contributed by atoms with E-state index in [1.54, 1.807) is 35.6 Å². The van der Waals surface area contributed by atoms with Gasteiger partial charge in [-0.2, -0.15) is 0 Å². The molecule has 0 radical (unpaired) electrons. The molecule has 0 spiro atoms. The number of rotatable bonds is 8. The number of thiazole rings is 1. The fourth-order valence-electron chi connectivity index (χ4n) is 5.00. The number of benzene rings is 2. The van der Waals surface area contributed by atoms with Crippen LogP contribution >= 0.6 is 22.9 Å². The smallest absolute Gasteiger partial charge is 0.335 e. The number of hydrogen-bond donors (Lipinski definition) is 1. The number of aryl methyl sites for hydroxylation is 1. The van der Waals surface area contributed by atoms with Gasteiger partial charge in [-0.05, 0) is 56.4 Å². The quantitative estimate of drug-likeness (QED) is 0.249. The van der Waals surface area contributed by atoms with E-state index in [9.17, 15) is 4.79 Å². The minimum Gasteiger partial charge on any atom is -0.478 e. The molecule has 38 heavy (non-hydrogen) atoms. The lowest BCUT2D eigenvalue weighted by Crippen LogP contribution is -2.37. The summed E-state index contributed by atoms with van der Waals surface area (Å²) < 4.78 is 12.3. The first-order valence-corrected chi connectivity index (χ1v) is 14.1. The van der Waals surface area contributed by atoms with Crippen molar-refractivity contribution in [3.8, 4) is 22.5 Å². The molecule has 9 heteroatoms. The van der Waals surface area contributed by atoms with E-state index in [2.05, 4.69) is 10.1 Å². The zero-order valence-electron chi connectivity index (χ0n) is 21.0. The highest BCUT2D eigenvalue weighted by Gasteiger charge is 2.34. The SMILES string of the molecule is Cc1cccc(Cl)c1-c1noc(C2CC2)c1COC1CCN(c2nc(-c3ccc(C(=O)O)cc3)cs2)CC1. The third-order valence-corrected chi connectivity index (χ3v) is 8.54. The molecule has 1 aliphatic carbocycles. The fraction of sp³-hybridized carbons (Fsp3) is 0.345. The van der Waals surface area contributed by atoms with E-state index in [1.807, 2.05) is 30.5 Å². The van der Waals surface area contributed by atoms with Crippen LogP contribution in [0.3, 0.4) is 0 Å². The van der Waals surface area contributed by atoms with Crippen molar-refractivity contribution in [3.63, 3.8) is 0 Å². The van der Waals surface area contributed by atoms with E-state index in [0.29, 0.717) is 17.5 Å². The van der Waals surface area contributed by atoms with Crippen LogP contribution in [0.5, 0.6) is 0 Å². The number of aromatic carboxylic acids is 1. The van der Waals surface area contributed by atoms with Crippen molar-refractivity contribution < 1.29 is 19.2 Å². The third kappa shape index (κ3) is 5.08. The summed E-state index contributed by atoms with van der Waals surface area (Å²) >= 11 is 8.18. The molecule has 1 saturated heterocycles. The number of piperidine rings is 1. The highest BCUT2D eigenvalue weighted by Crippen LogP contribution is 2.45. The molecule has 3 heterocycles. The van der Waals surface area contributed by atoms with Crippen LogP contribution in [0.2, 0.25) is 5.02 Å². The van der Waals surface area contributed by atoms with Crippen molar-refractivity contribution in [3.05, 3.63) is 75.3 Å². The van der Waals surface area contributed by atoms with Crippen LogP contribution in [-0.2, 0) is 11.3 Å². The second-order valence-electron chi connectivity index (χ2n) is 9.98. The van der Waals surface area contributed by atoms with Crippen LogP contribution in [0, 0.1) is 6.92 Å². The lowest BCUT2D eigenvalue weighted by atomic mass is 10.0. The highest BCUT2D eigenvalue weighted by molar-refractivity contribution is 7.14. The van der Waals surface area contributed by atoms with Gasteiger partial charge in [-0.15, -0.1) is 11.3 Å². The summed E-state index contributed by atoms with van der Waals surface area (Å²) in [6, 6.07) is 12.7. The molecule has 0 amide bonds. The van der Waals surface area contributed by atoms with Gasteiger partial charge in [-0.3, -0.25) is 0 Å². The lowest BCUT2D eigenvalue weighted by Gasteiger charge is -2.31. The van der Waals surface area contributed by atoms with Gasteiger partial charge < -0.3 is 19.3 Å². The minimum absolute atomic E-state index is 0.149. The van der Waals surface area contributed by atoms with Crippen LogP contribution < -0.4 is 4.90 Å². The number of carboxylic acids is 1. The fourth-order valence-corrected chi connectivity index (χ4v) is 6.20. The number of ether oxygens (including phenoxy) is 1. The first-order chi connectivity index (χ1) is 18.5. The third-order valence-electron chi connectivity index (χ3n) is 7.32. The summed E-state index contributed by atoms with van der Waals surface area (Å²) in [5.41, 5.74) is 5.89. The van der Waals surface area contributed by atoms with E-state index in [1.165, 1.54) is 0 Å². The highest BCUT2D eigenvalue weighted by atomic mass is 35.5. The Morgan fingerprint density at radius 1 is 1.16 bits per heavy atom. The molecular formula is C29H28ClN3O4S. The van der Waals surface area contributed by atoms with E-state index in [4.69, 9.17) is 31.0 Å². The summed E-state index contributed by atoms with van der Waals surface area (Å²) in [5.74, 6) is 0.450. The summed E-state index contributed by atoms with van der Waals surface area (Å²) in [5, 5.41) is 17.2. The largest absolute Gasteiger partial charge is 0.478 e. The second-order valence-corrected chi connectivity index (χ2v) is 11.2. The average molecular weight is 550 g/mol. The second kappa shape index (κ2) is 10.5. The summed E-state index contributed by atoms with van der Waals surface area (Å²) in [6.07, 6.45) is 4.22. The molecule has 7 nitrogen and oxygen atoms in total. The Labute approximate surface area is 230 Å². The van der Waals surface area contributed by atoms with E-state index in [-0.39, 0.29) is 11.7 Å². The first kappa shape index (κ1) is 25.1. The number of carbonyl (C=O) groups is 1. The Balaban J connectivity index is 1.10. The predicted molar refractivity (Wildman–Crippen MR) is 148 cm³/mol. The molecule has 1 N–H and O–H groups in total. The number of hydrogen-bond acceptors (Lipinski definition) is 7. The van der Waals surface area contributed by atoms with Crippen LogP contribution in [0.25, 0.3) is 22.5 Å². The molecular weight excluding hydrogens is 522 g/mol. The van der Waals surface area contributed by atoms with Gasteiger partial charge in [-0.1, -0.05) is 41.0 Å². The van der Waals surface area contributed by atoms with Crippen molar-refractivity contribution >= 4 is 34.0 Å². The van der Waals surface area contributed by atoms with Gasteiger partial charge in [0.25, 0.3) is 0 Å². The summed E-state index contributed by atoms with van der Waals surface area (Å²) in [7, 11) is 0. The van der Waals surface area contributed by atoms with Crippen molar-refractivity contribution in [2.75, 3.05) is 18.0 Å². The number of aromatic nitrogens is 2. The monoisotopic (exact) mass is 549 g/mol. The summed E-state index contributed by atoms with van der Waals surface area (Å²) in [4.78, 5) is 18.2. The molecule has 1 saturated carbocycles. The first-order valence-electron chi connectivity index (χ1n) is 12.9. The van der Waals surface area contributed by atoms with Gasteiger partial charge in [-0.25, -0.2) is 9.78 Å². The Hall–Kier alpha value is -3.20. The maximum atomic E-state index is 11.1. The standard InChI is InChI=1S/C29H28ClN3O4S/c1-17-3-2-4-23(30)25(17)26-22(27(37-32-26)19-7-8-19)15-36-21-11-13-33(14-12-21)29-31-24(16-38-29)18-5-9-20(10-6-18)28(34)35/h2-6,9-10,16,19,21H,7-8,11-15H2,1H3,(H,34,35). The number of carboxylic acid groups (broad SMARTS) is 1. The Bertz CT molecular complexity index is 1430.